The SMILES string of the molecule is CNCC1CCN(C(=O)c2cc(OC)c(OC)cc2NC(=O)C(C)(C)C)CC1. The zero-order chi connectivity index (χ0) is 20.9. The topological polar surface area (TPSA) is 79.9 Å². The highest BCUT2D eigenvalue weighted by molar-refractivity contribution is 6.05. The molecule has 28 heavy (non-hydrogen) atoms. The van der Waals surface area contributed by atoms with Gasteiger partial charge in [0.05, 0.1) is 25.5 Å². The lowest BCUT2D eigenvalue weighted by Gasteiger charge is -2.32. The molecule has 7 nitrogen and oxygen atoms in total. The first-order valence-corrected chi connectivity index (χ1v) is 9.72. The lowest BCUT2D eigenvalue weighted by atomic mass is 9.94. The molecule has 0 bridgehead atoms. The fourth-order valence-electron chi connectivity index (χ4n) is 3.27. The minimum absolute atomic E-state index is 0.104. The third-order valence-corrected chi connectivity index (χ3v) is 5.08. The van der Waals surface area contributed by atoms with E-state index in [1.165, 1.54) is 14.2 Å². The molecule has 1 aromatic rings. The number of hydrogen-bond donors (Lipinski definition) is 2. The molecule has 1 aliphatic rings. The van der Waals surface area contributed by atoms with Crippen LogP contribution in [0.4, 0.5) is 5.69 Å². The molecule has 0 radical (unpaired) electrons. The number of likely N-dealkylation sites (tertiary alicyclic amines) is 1. The molecule has 1 fully saturated rings. The van der Waals surface area contributed by atoms with Crippen molar-refractivity contribution in [3.8, 4) is 11.5 Å². The summed E-state index contributed by atoms with van der Waals surface area (Å²) >= 11 is 0. The highest BCUT2D eigenvalue weighted by Crippen LogP contribution is 2.35. The van der Waals surface area contributed by atoms with Crippen molar-refractivity contribution in [3.05, 3.63) is 17.7 Å². The Labute approximate surface area is 167 Å². The van der Waals surface area contributed by atoms with Gasteiger partial charge in [-0.3, -0.25) is 9.59 Å². The number of piperidine rings is 1. The fourth-order valence-corrected chi connectivity index (χ4v) is 3.27. The Bertz CT molecular complexity index is 704. The van der Waals surface area contributed by atoms with Gasteiger partial charge in [0.15, 0.2) is 11.5 Å². The predicted octanol–water partition coefficient (Wildman–Crippen LogP) is 2.76. The molecular weight excluding hydrogens is 358 g/mol. The van der Waals surface area contributed by atoms with Crippen molar-refractivity contribution >= 4 is 17.5 Å². The third-order valence-electron chi connectivity index (χ3n) is 5.08. The summed E-state index contributed by atoms with van der Waals surface area (Å²) in [4.78, 5) is 27.6. The molecule has 2 rings (SSSR count). The van der Waals surface area contributed by atoms with Gasteiger partial charge in [-0.1, -0.05) is 20.8 Å². The van der Waals surface area contributed by atoms with Crippen LogP contribution in [0.15, 0.2) is 12.1 Å². The van der Waals surface area contributed by atoms with E-state index in [1.807, 2.05) is 32.7 Å². The molecule has 0 aliphatic carbocycles. The normalized spacial score (nSPS) is 15.3. The molecule has 7 heteroatoms. The molecule has 0 unspecified atom stereocenters. The van der Waals surface area contributed by atoms with Crippen molar-refractivity contribution in [1.82, 2.24) is 10.2 Å². The number of benzene rings is 1. The molecule has 0 spiro atoms. The van der Waals surface area contributed by atoms with E-state index >= 15 is 0 Å². The van der Waals surface area contributed by atoms with E-state index in [4.69, 9.17) is 9.47 Å². The first-order chi connectivity index (χ1) is 13.2. The number of carbonyl (C=O) groups excluding carboxylic acids is 2. The summed E-state index contributed by atoms with van der Waals surface area (Å²) in [6, 6.07) is 3.31. The second-order valence-electron chi connectivity index (χ2n) is 8.25. The van der Waals surface area contributed by atoms with Crippen molar-refractivity contribution in [3.63, 3.8) is 0 Å². The van der Waals surface area contributed by atoms with Crippen LogP contribution in [0.25, 0.3) is 0 Å². The summed E-state index contributed by atoms with van der Waals surface area (Å²) in [6.07, 6.45) is 1.92. The average Bonchev–Trinajstić information content (AvgIpc) is 2.67. The Balaban J connectivity index is 2.32. The van der Waals surface area contributed by atoms with Crippen LogP contribution < -0.4 is 20.1 Å². The van der Waals surface area contributed by atoms with E-state index in [0.717, 1.165) is 19.4 Å². The van der Waals surface area contributed by atoms with E-state index < -0.39 is 5.41 Å². The second-order valence-corrected chi connectivity index (χ2v) is 8.25. The fraction of sp³-hybridized carbons (Fsp3) is 0.619. The standard InChI is InChI=1S/C21H33N3O4/c1-21(2,3)20(26)23-16-12-18(28-6)17(27-5)11-15(16)19(25)24-9-7-14(8-10-24)13-22-4/h11-12,14,22H,7-10,13H2,1-6H3,(H,23,26). The van der Waals surface area contributed by atoms with E-state index in [-0.39, 0.29) is 11.8 Å². The lowest BCUT2D eigenvalue weighted by Crippen LogP contribution is -2.41. The van der Waals surface area contributed by atoms with Crippen LogP contribution in [0.2, 0.25) is 0 Å². The summed E-state index contributed by atoms with van der Waals surface area (Å²) in [7, 11) is 5.01. The summed E-state index contributed by atoms with van der Waals surface area (Å²) in [5.41, 5.74) is 0.279. The largest absolute Gasteiger partial charge is 0.493 e. The van der Waals surface area contributed by atoms with E-state index in [9.17, 15) is 9.59 Å². The van der Waals surface area contributed by atoms with Gasteiger partial charge in [-0.25, -0.2) is 0 Å². The van der Waals surface area contributed by atoms with Crippen LogP contribution >= 0.6 is 0 Å². The zero-order valence-corrected chi connectivity index (χ0v) is 17.8. The molecule has 2 N–H and O–H groups in total. The number of anilines is 1. The molecule has 1 heterocycles. The minimum Gasteiger partial charge on any atom is -0.493 e. The maximum absolute atomic E-state index is 13.2. The lowest BCUT2D eigenvalue weighted by molar-refractivity contribution is -0.123. The summed E-state index contributed by atoms with van der Waals surface area (Å²) in [5, 5.41) is 6.10. The van der Waals surface area contributed by atoms with Gasteiger partial charge in [0.1, 0.15) is 0 Å². The van der Waals surface area contributed by atoms with Crippen molar-refractivity contribution in [2.75, 3.05) is 46.2 Å². The first-order valence-electron chi connectivity index (χ1n) is 9.72. The molecule has 1 aromatic carbocycles. The quantitative estimate of drug-likeness (QED) is 0.779. The maximum Gasteiger partial charge on any atom is 0.256 e. The highest BCUT2D eigenvalue weighted by atomic mass is 16.5. The summed E-state index contributed by atoms with van der Waals surface area (Å²) in [6.45, 7) is 7.86. The van der Waals surface area contributed by atoms with Crippen LogP contribution in [-0.4, -0.2) is 57.6 Å². The Morgan fingerprint density at radius 1 is 1.11 bits per heavy atom. The van der Waals surface area contributed by atoms with Crippen LogP contribution in [0.3, 0.4) is 0 Å². The van der Waals surface area contributed by atoms with Gasteiger partial charge in [0.2, 0.25) is 5.91 Å². The van der Waals surface area contributed by atoms with Crippen LogP contribution in [-0.2, 0) is 4.79 Å². The maximum atomic E-state index is 13.2. The van der Waals surface area contributed by atoms with E-state index in [2.05, 4.69) is 10.6 Å². The monoisotopic (exact) mass is 391 g/mol. The van der Waals surface area contributed by atoms with E-state index in [0.29, 0.717) is 41.8 Å². The van der Waals surface area contributed by atoms with Crippen molar-refractivity contribution in [1.29, 1.82) is 0 Å². The number of carbonyl (C=O) groups is 2. The van der Waals surface area contributed by atoms with Crippen LogP contribution in [0, 0.1) is 11.3 Å². The van der Waals surface area contributed by atoms with Crippen molar-refractivity contribution in [2.24, 2.45) is 11.3 Å². The Morgan fingerprint density at radius 2 is 1.68 bits per heavy atom. The van der Waals surface area contributed by atoms with Gasteiger partial charge < -0.3 is 25.0 Å². The molecule has 0 aromatic heterocycles. The van der Waals surface area contributed by atoms with Crippen molar-refractivity contribution < 1.29 is 19.1 Å². The minimum atomic E-state index is -0.584. The number of nitrogens with one attached hydrogen (secondary N) is 2. The molecule has 1 saturated heterocycles. The van der Waals surface area contributed by atoms with Gasteiger partial charge in [-0.05, 0) is 38.4 Å². The van der Waals surface area contributed by atoms with Crippen molar-refractivity contribution in [2.45, 2.75) is 33.6 Å². The Morgan fingerprint density at radius 3 is 2.18 bits per heavy atom. The number of hydrogen-bond acceptors (Lipinski definition) is 5. The number of methoxy groups -OCH3 is 2. The summed E-state index contributed by atoms with van der Waals surface area (Å²) < 4.78 is 10.7. The molecule has 0 atom stereocenters. The zero-order valence-electron chi connectivity index (χ0n) is 17.8. The first kappa shape index (κ1) is 22.0. The van der Waals surface area contributed by atoms with Gasteiger partial charge in [-0.2, -0.15) is 0 Å². The number of nitrogens with zero attached hydrogens (tertiary/aromatic N) is 1. The smallest absolute Gasteiger partial charge is 0.256 e. The third kappa shape index (κ3) is 5.16. The van der Waals surface area contributed by atoms with Gasteiger partial charge in [0.25, 0.3) is 5.91 Å². The molecule has 156 valence electrons. The molecule has 1 aliphatic heterocycles. The number of ether oxygens (including phenoxy) is 2. The average molecular weight is 392 g/mol. The van der Waals surface area contributed by atoms with Gasteiger partial charge in [-0.15, -0.1) is 0 Å². The van der Waals surface area contributed by atoms with Crippen LogP contribution in [0.5, 0.6) is 11.5 Å². The Hall–Kier alpha value is -2.28. The summed E-state index contributed by atoms with van der Waals surface area (Å²) in [5.74, 6) is 1.25. The molecular formula is C21H33N3O4. The van der Waals surface area contributed by atoms with Crippen LogP contribution in [0.1, 0.15) is 44.0 Å². The second kappa shape index (κ2) is 9.28. The van der Waals surface area contributed by atoms with Gasteiger partial charge >= 0.3 is 0 Å². The van der Waals surface area contributed by atoms with E-state index in [1.54, 1.807) is 12.1 Å². The molecule has 2 amide bonds. The predicted molar refractivity (Wildman–Crippen MR) is 110 cm³/mol. The molecule has 0 saturated carbocycles. The van der Waals surface area contributed by atoms with Gasteiger partial charge in [0, 0.05) is 24.6 Å². The highest BCUT2D eigenvalue weighted by Gasteiger charge is 2.28. The number of amides is 2. The number of rotatable bonds is 6. The Kier molecular flexibility index (Phi) is 7.29.